The van der Waals surface area contributed by atoms with E-state index in [4.69, 9.17) is 18.9 Å². The van der Waals surface area contributed by atoms with Crippen molar-refractivity contribution >= 4 is 36.0 Å². The third kappa shape index (κ3) is 11.2. The van der Waals surface area contributed by atoms with Gasteiger partial charge >= 0.3 is 23.9 Å². The number of carbonyl (C=O) groups excluding carboxylic acids is 4. The molecule has 0 heterocycles. The van der Waals surface area contributed by atoms with Gasteiger partial charge in [-0.15, -0.1) is 0 Å². The standard InChI is InChI=1S/C32H30F2O10/c1-3-29(35)41-19-39-25-9-5-21(27(33)17-25)7-15-31(37)43-23-11-13-24(14-12-23)44-32(38)16-8-22-6-10-26(18-28(22)34)40-20-42-30(36)4-2/h3-10,15-18,23-24H,1-2,11-14,19-20H2/b15-7-,16-8-. The van der Waals surface area contributed by atoms with Crippen molar-refractivity contribution in [1.82, 2.24) is 0 Å². The summed E-state index contributed by atoms with van der Waals surface area (Å²) >= 11 is 0. The van der Waals surface area contributed by atoms with Crippen molar-refractivity contribution in [1.29, 1.82) is 0 Å². The van der Waals surface area contributed by atoms with Gasteiger partial charge in [-0.05, 0) is 62.1 Å². The van der Waals surface area contributed by atoms with Gasteiger partial charge in [-0.3, -0.25) is 0 Å². The van der Waals surface area contributed by atoms with Crippen LogP contribution in [0, 0.1) is 11.6 Å². The molecule has 0 saturated heterocycles. The van der Waals surface area contributed by atoms with Gasteiger partial charge in [-0.25, -0.2) is 28.0 Å². The highest BCUT2D eigenvalue weighted by Gasteiger charge is 2.25. The number of hydrogen-bond donors (Lipinski definition) is 0. The highest BCUT2D eigenvalue weighted by molar-refractivity contribution is 5.88. The van der Waals surface area contributed by atoms with E-state index in [2.05, 4.69) is 22.6 Å². The fraction of sp³-hybridized carbons (Fsp3) is 0.250. The molecule has 232 valence electrons. The Morgan fingerprint density at radius 3 is 1.39 bits per heavy atom. The Labute approximate surface area is 252 Å². The van der Waals surface area contributed by atoms with Crippen LogP contribution in [0.25, 0.3) is 12.2 Å². The molecule has 1 fully saturated rings. The minimum absolute atomic E-state index is 0.122. The molecule has 0 amide bonds. The van der Waals surface area contributed by atoms with E-state index >= 15 is 0 Å². The van der Waals surface area contributed by atoms with Crippen molar-refractivity contribution < 1.29 is 56.4 Å². The topological polar surface area (TPSA) is 124 Å². The molecule has 2 aromatic carbocycles. The number of ether oxygens (including phenoxy) is 6. The number of halogens is 2. The first-order chi connectivity index (χ1) is 21.2. The van der Waals surface area contributed by atoms with Gasteiger partial charge in [-0.2, -0.15) is 0 Å². The van der Waals surface area contributed by atoms with E-state index in [-0.39, 0.29) is 22.6 Å². The van der Waals surface area contributed by atoms with Gasteiger partial charge in [-0.1, -0.05) is 13.2 Å². The number of esters is 4. The molecule has 0 aliphatic heterocycles. The quantitative estimate of drug-likeness (QED) is 0.121. The number of carbonyl (C=O) groups is 4. The van der Waals surface area contributed by atoms with E-state index in [1.165, 1.54) is 36.4 Å². The molecule has 1 aliphatic rings. The molecule has 0 atom stereocenters. The van der Waals surface area contributed by atoms with Crippen LogP contribution in [0.3, 0.4) is 0 Å². The highest BCUT2D eigenvalue weighted by atomic mass is 19.1. The smallest absolute Gasteiger partial charge is 0.333 e. The van der Waals surface area contributed by atoms with Crippen LogP contribution in [0.1, 0.15) is 36.8 Å². The number of hydrogen-bond acceptors (Lipinski definition) is 10. The van der Waals surface area contributed by atoms with E-state index in [1.807, 2.05) is 0 Å². The van der Waals surface area contributed by atoms with Gasteiger partial charge in [0.1, 0.15) is 35.3 Å². The lowest BCUT2D eigenvalue weighted by Gasteiger charge is -2.27. The van der Waals surface area contributed by atoms with E-state index in [9.17, 15) is 28.0 Å². The second-order valence-corrected chi connectivity index (χ2v) is 9.17. The molecule has 0 spiro atoms. The summed E-state index contributed by atoms with van der Waals surface area (Å²) in [7, 11) is 0. The minimum Gasteiger partial charge on any atom is -0.459 e. The van der Waals surface area contributed by atoms with Crippen LogP contribution in [0.2, 0.25) is 0 Å². The summed E-state index contributed by atoms with van der Waals surface area (Å²) in [5.41, 5.74) is 0.244. The summed E-state index contributed by atoms with van der Waals surface area (Å²) < 4.78 is 59.1. The van der Waals surface area contributed by atoms with Crippen molar-refractivity contribution in [2.45, 2.75) is 37.9 Å². The zero-order valence-corrected chi connectivity index (χ0v) is 23.6. The monoisotopic (exact) mass is 612 g/mol. The van der Waals surface area contributed by atoms with Crippen LogP contribution in [0.5, 0.6) is 11.5 Å². The molecule has 3 rings (SSSR count). The zero-order valence-electron chi connectivity index (χ0n) is 23.6. The van der Waals surface area contributed by atoms with E-state index in [1.54, 1.807) is 0 Å². The molecule has 1 saturated carbocycles. The minimum atomic E-state index is -0.678. The maximum Gasteiger partial charge on any atom is 0.333 e. The Balaban J connectivity index is 1.38. The van der Waals surface area contributed by atoms with Gasteiger partial charge in [0.15, 0.2) is 0 Å². The summed E-state index contributed by atoms with van der Waals surface area (Å²) in [4.78, 5) is 46.5. The Bertz CT molecular complexity index is 1320. The lowest BCUT2D eigenvalue weighted by molar-refractivity contribution is -0.151. The van der Waals surface area contributed by atoms with E-state index < -0.39 is 61.3 Å². The largest absolute Gasteiger partial charge is 0.459 e. The molecular formula is C32H30F2O10. The average Bonchev–Trinajstić information content (AvgIpc) is 3.01. The predicted molar refractivity (Wildman–Crippen MR) is 153 cm³/mol. The zero-order chi connectivity index (χ0) is 31.9. The number of benzene rings is 2. The maximum atomic E-state index is 14.3. The molecule has 0 bridgehead atoms. The van der Waals surface area contributed by atoms with Gasteiger partial charge < -0.3 is 28.4 Å². The van der Waals surface area contributed by atoms with Crippen molar-refractivity contribution in [3.8, 4) is 11.5 Å². The van der Waals surface area contributed by atoms with Crippen molar-refractivity contribution in [2.24, 2.45) is 0 Å². The number of rotatable bonds is 14. The first kappa shape index (κ1) is 33.2. The Kier molecular flexibility index (Phi) is 12.8. The van der Waals surface area contributed by atoms with E-state index in [0.717, 1.165) is 36.4 Å². The molecular weight excluding hydrogens is 582 g/mol. The van der Waals surface area contributed by atoms with Crippen LogP contribution in [0.15, 0.2) is 73.9 Å². The molecule has 0 N–H and O–H groups in total. The van der Waals surface area contributed by atoms with Crippen LogP contribution in [-0.2, 0) is 38.1 Å². The first-order valence-electron chi connectivity index (χ1n) is 13.4. The molecule has 44 heavy (non-hydrogen) atoms. The van der Waals surface area contributed by atoms with Crippen molar-refractivity contribution in [2.75, 3.05) is 13.6 Å². The van der Waals surface area contributed by atoms with Crippen molar-refractivity contribution in [3.63, 3.8) is 0 Å². The normalized spacial score (nSPS) is 16.1. The molecule has 0 radical (unpaired) electrons. The second-order valence-electron chi connectivity index (χ2n) is 9.17. The molecule has 1 aliphatic carbocycles. The summed E-state index contributed by atoms with van der Waals surface area (Å²) in [5.74, 6) is -3.71. The summed E-state index contributed by atoms with van der Waals surface area (Å²) in [6.07, 6.45) is 7.72. The first-order valence-corrected chi connectivity index (χ1v) is 13.4. The Hall–Kier alpha value is -5.26. The van der Waals surface area contributed by atoms with Crippen LogP contribution in [0.4, 0.5) is 8.78 Å². The van der Waals surface area contributed by atoms with Gasteiger partial charge in [0.25, 0.3) is 0 Å². The van der Waals surface area contributed by atoms with Crippen LogP contribution >= 0.6 is 0 Å². The fourth-order valence-corrected chi connectivity index (χ4v) is 3.89. The molecule has 2 aromatic rings. The molecule has 10 nitrogen and oxygen atoms in total. The fourth-order valence-electron chi connectivity index (χ4n) is 3.89. The predicted octanol–water partition coefficient (Wildman–Crippen LogP) is 5.22. The van der Waals surface area contributed by atoms with E-state index in [0.29, 0.717) is 25.7 Å². The summed E-state index contributed by atoms with van der Waals surface area (Å²) in [5, 5.41) is 0. The SMILES string of the molecule is C=CC(=O)OCOc1ccc(/C=C\C(=O)OC2CCC(OC(=O)/C=C\c3ccc(OCOC(=O)C=C)cc3F)CC2)c(F)c1. The summed E-state index contributed by atoms with van der Waals surface area (Å²) in [6.45, 7) is 5.68. The maximum absolute atomic E-state index is 14.3. The Morgan fingerprint density at radius 2 is 1.05 bits per heavy atom. The average molecular weight is 613 g/mol. The summed E-state index contributed by atoms with van der Waals surface area (Å²) in [6, 6.07) is 7.84. The highest BCUT2D eigenvalue weighted by Crippen LogP contribution is 2.25. The lowest BCUT2D eigenvalue weighted by Crippen LogP contribution is -2.29. The van der Waals surface area contributed by atoms with Gasteiger partial charge in [0.2, 0.25) is 13.6 Å². The van der Waals surface area contributed by atoms with Gasteiger partial charge in [0.05, 0.1) is 0 Å². The van der Waals surface area contributed by atoms with Gasteiger partial charge in [0, 0.05) is 47.6 Å². The van der Waals surface area contributed by atoms with Crippen LogP contribution < -0.4 is 9.47 Å². The molecule has 0 unspecified atom stereocenters. The second kappa shape index (κ2) is 17.0. The third-order valence-corrected chi connectivity index (χ3v) is 6.12. The molecule has 0 aromatic heterocycles. The lowest BCUT2D eigenvalue weighted by atomic mass is 9.95. The molecule has 12 heteroatoms. The van der Waals surface area contributed by atoms with Crippen LogP contribution in [-0.4, -0.2) is 49.7 Å². The van der Waals surface area contributed by atoms with Crippen molar-refractivity contribution in [3.05, 3.63) is 96.6 Å². The third-order valence-electron chi connectivity index (χ3n) is 6.12. The Morgan fingerprint density at radius 1 is 0.659 bits per heavy atom.